The fourth-order valence-corrected chi connectivity index (χ4v) is 3.19. The smallest absolute Gasteiger partial charge is 0.330 e. The van der Waals surface area contributed by atoms with Crippen LogP contribution in [-0.4, -0.2) is 27.0 Å². The first-order valence-corrected chi connectivity index (χ1v) is 9.84. The Balaban J connectivity index is 2.11. The minimum Gasteiger partial charge on any atom is -0.383 e. The van der Waals surface area contributed by atoms with Crippen LogP contribution >= 0.6 is 0 Å². The van der Waals surface area contributed by atoms with Gasteiger partial charge in [-0.25, -0.2) is 9.78 Å². The van der Waals surface area contributed by atoms with Crippen LogP contribution < -0.4 is 21.9 Å². The number of carbonyl (C=O) groups excluding carboxylic acids is 1. The second kappa shape index (κ2) is 9.21. The Morgan fingerprint density at radius 1 is 1.13 bits per heavy atom. The fourth-order valence-electron chi connectivity index (χ4n) is 3.19. The number of H-pyrrole nitrogens is 1. The lowest BCUT2D eigenvalue weighted by Gasteiger charge is -2.24. The van der Waals surface area contributed by atoms with E-state index in [-0.39, 0.29) is 30.3 Å². The van der Waals surface area contributed by atoms with E-state index in [1.807, 2.05) is 37.3 Å². The number of nitrogens with one attached hydrogen (secondary N) is 1. The lowest BCUT2D eigenvalue weighted by molar-refractivity contribution is 0.0981. The minimum absolute atomic E-state index is 0.0349. The van der Waals surface area contributed by atoms with E-state index in [9.17, 15) is 14.4 Å². The van der Waals surface area contributed by atoms with Crippen molar-refractivity contribution in [2.24, 2.45) is 0 Å². The summed E-state index contributed by atoms with van der Waals surface area (Å²) < 4.78 is 1.27. The molecule has 0 aliphatic heterocycles. The molecule has 30 heavy (non-hydrogen) atoms. The summed E-state index contributed by atoms with van der Waals surface area (Å²) in [6, 6.07) is 14.4. The summed E-state index contributed by atoms with van der Waals surface area (Å²) in [6.45, 7) is 4.22. The summed E-state index contributed by atoms with van der Waals surface area (Å²) in [4.78, 5) is 46.3. The monoisotopic (exact) mass is 407 g/mol. The highest BCUT2D eigenvalue weighted by atomic mass is 16.2. The molecule has 1 amide bonds. The normalized spacial score (nSPS) is 10.7. The number of aryl methyl sites for hydroxylation is 1. The average molecular weight is 407 g/mol. The molecule has 2 aromatic heterocycles. The Morgan fingerprint density at radius 2 is 1.87 bits per heavy atom. The Kier molecular flexibility index (Phi) is 6.46. The molecule has 0 fully saturated rings. The molecule has 3 rings (SSSR count). The molecule has 0 saturated carbocycles. The van der Waals surface area contributed by atoms with Crippen LogP contribution in [0.4, 0.5) is 11.5 Å². The number of unbranched alkanes of at least 4 members (excludes halogenated alkanes) is 1. The van der Waals surface area contributed by atoms with Gasteiger partial charge in [-0.15, -0.1) is 0 Å². The van der Waals surface area contributed by atoms with Crippen LogP contribution in [0.1, 0.15) is 41.5 Å². The van der Waals surface area contributed by atoms with Crippen LogP contribution in [0.15, 0.2) is 58.1 Å². The van der Waals surface area contributed by atoms with Crippen molar-refractivity contribution in [1.29, 1.82) is 0 Å². The fraction of sp³-hybridized carbons (Fsp3) is 0.273. The highest BCUT2D eigenvalue weighted by molar-refractivity contribution is 6.06. The molecule has 3 aromatic rings. The number of pyridine rings is 1. The molecule has 2 heterocycles. The second-order valence-corrected chi connectivity index (χ2v) is 7.04. The van der Waals surface area contributed by atoms with E-state index in [1.54, 1.807) is 25.1 Å². The number of hydrogen-bond acceptors (Lipinski definition) is 5. The molecule has 156 valence electrons. The van der Waals surface area contributed by atoms with E-state index in [1.165, 1.54) is 9.47 Å². The molecule has 1 aromatic carbocycles. The lowest BCUT2D eigenvalue weighted by atomic mass is 10.2. The highest BCUT2D eigenvalue weighted by Crippen LogP contribution is 2.20. The van der Waals surface area contributed by atoms with Gasteiger partial charge in [0.1, 0.15) is 11.5 Å². The molecule has 8 heteroatoms. The van der Waals surface area contributed by atoms with Crippen molar-refractivity contribution < 1.29 is 4.79 Å². The summed E-state index contributed by atoms with van der Waals surface area (Å²) in [5.74, 6) is -0.487. The van der Waals surface area contributed by atoms with Crippen molar-refractivity contribution in [3.05, 3.63) is 86.3 Å². The molecule has 0 unspecified atom stereocenters. The number of aromatic nitrogens is 3. The van der Waals surface area contributed by atoms with Crippen LogP contribution in [0.3, 0.4) is 0 Å². The molecule has 0 bridgehead atoms. The molecule has 0 radical (unpaired) electrons. The van der Waals surface area contributed by atoms with Crippen LogP contribution in [0.2, 0.25) is 0 Å². The Hall–Kier alpha value is -3.68. The number of nitrogens with two attached hydrogens (primary N) is 1. The highest BCUT2D eigenvalue weighted by Gasteiger charge is 2.25. The molecular weight excluding hydrogens is 382 g/mol. The molecule has 0 spiro atoms. The first-order chi connectivity index (χ1) is 14.4. The number of carbonyl (C=O) groups is 1. The number of rotatable bonds is 7. The van der Waals surface area contributed by atoms with E-state index < -0.39 is 17.2 Å². The van der Waals surface area contributed by atoms with E-state index in [2.05, 4.69) is 9.97 Å². The SMILES string of the molecule is CCCCN(C(=O)c1cccc(C)n1)c1c(N)n(Cc2ccccc2)c(=O)[nH]c1=O. The third kappa shape index (κ3) is 4.48. The summed E-state index contributed by atoms with van der Waals surface area (Å²) >= 11 is 0. The first kappa shape index (κ1) is 21.0. The van der Waals surface area contributed by atoms with Crippen LogP contribution in [0, 0.1) is 6.92 Å². The third-order valence-electron chi connectivity index (χ3n) is 4.76. The quantitative estimate of drug-likeness (QED) is 0.624. The molecular formula is C22H25N5O3. The van der Waals surface area contributed by atoms with Gasteiger partial charge in [-0.1, -0.05) is 49.7 Å². The maximum atomic E-state index is 13.2. The van der Waals surface area contributed by atoms with E-state index in [4.69, 9.17) is 5.73 Å². The van der Waals surface area contributed by atoms with Gasteiger partial charge in [0.2, 0.25) is 0 Å². The standard InChI is InChI=1S/C22H25N5O3/c1-3-4-13-26(21(29)17-12-8-9-15(2)24-17)18-19(23)27(22(30)25-20(18)28)14-16-10-6-5-7-11-16/h5-12H,3-4,13-14,23H2,1-2H3,(H,25,28,30). The van der Waals surface area contributed by atoms with Crippen molar-refractivity contribution in [3.8, 4) is 0 Å². The molecule has 0 aliphatic carbocycles. The Bertz CT molecular complexity index is 1150. The zero-order valence-corrected chi connectivity index (χ0v) is 17.1. The van der Waals surface area contributed by atoms with E-state index >= 15 is 0 Å². The van der Waals surface area contributed by atoms with Gasteiger partial charge >= 0.3 is 5.69 Å². The van der Waals surface area contributed by atoms with Crippen LogP contribution in [0.25, 0.3) is 0 Å². The summed E-state index contributed by atoms with van der Waals surface area (Å²) in [5, 5.41) is 0. The number of aromatic amines is 1. The number of amides is 1. The zero-order valence-electron chi connectivity index (χ0n) is 17.1. The molecule has 8 nitrogen and oxygen atoms in total. The predicted molar refractivity (Wildman–Crippen MR) is 117 cm³/mol. The topological polar surface area (TPSA) is 114 Å². The minimum atomic E-state index is -0.695. The number of anilines is 2. The predicted octanol–water partition coefficient (Wildman–Crippen LogP) is 2.32. The van der Waals surface area contributed by atoms with Gasteiger partial charge in [-0.05, 0) is 31.0 Å². The summed E-state index contributed by atoms with van der Waals surface area (Å²) in [5.41, 5.74) is 6.67. The zero-order chi connectivity index (χ0) is 21.7. The molecule has 0 atom stereocenters. The van der Waals surface area contributed by atoms with Crippen molar-refractivity contribution >= 4 is 17.4 Å². The number of benzene rings is 1. The molecule has 0 saturated heterocycles. The van der Waals surface area contributed by atoms with Crippen molar-refractivity contribution in [1.82, 2.24) is 14.5 Å². The van der Waals surface area contributed by atoms with Gasteiger partial charge < -0.3 is 5.73 Å². The van der Waals surface area contributed by atoms with Gasteiger partial charge in [-0.3, -0.25) is 24.0 Å². The summed E-state index contributed by atoms with van der Waals surface area (Å²) in [7, 11) is 0. The van der Waals surface area contributed by atoms with E-state index in [0.717, 1.165) is 12.0 Å². The van der Waals surface area contributed by atoms with Gasteiger partial charge in [0.25, 0.3) is 11.5 Å². The largest absolute Gasteiger partial charge is 0.383 e. The van der Waals surface area contributed by atoms with Crippen molar-refractivity contribution in [2.45, 2.75) is 33.2 Å². The Morgan fingerprint density at radius 3 is 2.53 bits per heavy atom. The van der Waals surface area contributed by atoms with Gasteiger partial charge in [-0.2, -0.15) is 0 Å². The third-order valence-corrected chi connectivity index (χ3v) is 4.76. The number of hydrogen-bond donors (Lipinski definition) is 2. The second-order valence-electron chi connectivity index (χ2n) is 7.04. The average Bonchev–Trinajstić information content (AvgIpc) is 2.73. The Labute approximate surface area is 174 Å². The van der Waals surface area contributed by atoms with Gasteiger partial charge in [0.15, 0.2) is 5.69 Å². The van der Waals surface area contributed by atoms with E-state index in [0.29, 0.717) is 12.1 Å². The van der Waals surface area contributed by atoms with Crippen LogP contribution in [-0.2, 0) is 6.54 Å². The number of nitrogen functional groups attached to an aromatic ring is 1. The first-order valence-electron chi connectivity index (χ1n) is 9.84. The van der Waals surface area contributed by atoms with Gasteiger partial charge in [0.05, 0.1) is 6.54 Å². The lowest BCUT2D eigenvalue weighted by Crippen LogP contribution is -2.42. The van der Waals surface area contributed by atoms with Crippen LogP contribution in [0.5, 0.6) is 0 Å². The van der Waals surface area contributed by atoms with Crippen molar-refractivity contribution in [2.75, 3.05) is 17.2 Å². The molecule has 0 aliphatic rings. The number of nitrogens with zero attached hydrogens (tertiary/aromatic N) is 3. The van der Waals surface area contributed by atoms with Crippen molar-refractivity contribution in [3.63, 3.8) is 0 Å². The maximum Gasteiger partial charge on any atom is 0.330 e. The summed E-state index contributed by atoms with van der Waals surface area (Å²) in [6.07, 6.45) is 1.47. The maximum absolute atomic E-state index is 13.2. The molecule has 3 N–H and O–H groups in total. The van der Waals surface area contributed by atoms with Gasteiger partial charge in [0, 0.05) is 12.2 Å².